The summed E-state index contributed by atoms with van der Waals surface area (Å²) in [7, 11) is 1.65. The van der Waals surface area contributed by atoms with E-state index in [1.54, 1.807) is 37.1 Å². The molecule has 1 saturated heterocycles. The Balaban J connectivity index is 1.52. The molecule has 1 aliphatic rings. The van der Waals surface area contributed by atoms with Crippen LogP contribution in [0.25, 0.3) is 5.65 Å². The summed E-state index contributed by atoms with van der Waals surface area (Å²) in [5.41, 5.74) is 0.537. The second-order valence-electron chi connectivity index (χ2n) is 8.50. The van der Waals surface area contributed by atoms with E-state index < -0.39 is 23.7 Å². The summed E-state index contributed by atoms with van der Waals surface area (Å²) in [6.07, 6.45) is 0.887. The molecule has 4 N–H and O–H groups in total. The van der Waals surface area contributed by atoms with Gasteiger partial charge in [0.2, 0.25) is 5.91 Å². The molecule has 1 atom stereocenters. The lowest BCUT2D eigenvalue weighted by Crippen LogP contribution is -2.53. The summed E-state index contributed by atoms with van der Waals surface area (Å²) in [6.45, 7) is 4.31. The number of nitrogens with zero attached hydrogens (tertiary/aromatic N) is 4. The number of aromatic nitrogens is 3. The van der Waals surface area contributed by atoms with Crippen LogP contribution in [0.1, 0.15) is 33.5 Å². The number of fused-ring (bicyclic) bond motifs is 1. The smallest absolute Gasteiger partial charge is 0.298 e. The molecule has 0 radical (unpaired) electrons. The van der Waals surface area contributed by atoms with Crippen molar-refractivity contribution in [3.05, 3.63) is 53.2 Å². The van der Waals surface area contributed by atoms with Crippen molar-refractivity contribution >= 4 is 35.5 Å². The molecule has 38 heavy (non-hydrogen) atoms. The molecule has 1 fully saturated rings. The summed E-state index contributed by atoms with van der Waals surface area (Å²) < 4.78 is 20.2. The minimum Gasteiger partial charge on any atom is -0.427 e. The van der Waals surface area contributed by atoms with Crippen LogP contribution >= 0.6 is 0 Å². The van der Waals surface area contributed by atoms with Gasteiger partial charge < -0.3 is 30.9 Å². The van der Waals surface area contributed by atoms with Crippen LogP contribution in [0.3, 0.4) is 0 Å². The van der Waals surface area contributed by atoms with Gasteiger partial charge in [0.05, 0.1) is 11.9 Å². The highest BCUT2D eigenvalue weighted by atomic mass is 19.1. The van der Waals surface area contributed by atoms with Crippen molar-refractivity contribution in [3.8, 4) is 5.75 Å². The fourth-order valence-electron chi connectivity index (χ4n) is 4.02. The first-order valence-electron chi connectivity index (χ1n) is 11.9. The van der Waals surface area contributed by atoms with Gasteiger partial charge in [0, 0.05) is 45.8 Å². The van der Waals surface area contributed by atoms with Crippen molar-refractivity contribution in [3.63, 3.8) is 0 Å². The number of carbonyl (C=O) groups is 4. The largest absolute Gasteiger partial charge is 0.427 e. The van der Waals surface area contributed by atoms with E-state index in [9.17, 15) is 23.6 Å². The number of nitrogens with one attached hydrogen (secondary N) is 4. The van der Waals surface area contributed by atoms with Crippen LogP contribution in [0.5, 0.6) is 5.75 Å². The molecular weight excluding hydrogens is 499 g/mol. The number of amides is 3. The van der Waals surface area contributed by atoms with E-state index in [4.69, 9.17) is 4.74 Å². The van der Waals surface area contributed by atoms with E-state index >= 15 is 0 Å². The van der Waals surface area contributed by atoms with E-state index in [1.807, 2.05) is 0 Å². The second-order valence-corrected chi connectivity index (χ2v) is 8.50. The number of hydrogen-bond donors (Lipinski definition) is 4. The lowest BCUT2D eigenvalue weighted by molar-refractivity contribution is -0.133. The zero-order chi connectivity index (χ0) is 27.2. The third kappa shape index (κ3) is 5.70. The minimum atomic E-state index is -0.853. The van der Waals surface area contributed by atoms with Gasteiger partial charge in [-0.15, -0.1) is 0 Å². The molecule has 200 valence electrons. The maximum absolute atomic E-state index is 14.4. The quantitative estimate of drug-likeness (QED) is 0.280. The van der Waals surface area contributed by atoms with Crippen molar-refractivity contribution < 1.29 is 28.3 Å². The number of halogens is 1. The van der Waals surface area contributed by atoms with Crippen molar-refractivity contribution in [1.29, 1.82) is 0 Å². The molecule has 0 aliphatic carbocycles. The average Bonchev–Trinajstić information content (AvgIpc) is 3.32. The van der Waals surface area contributed by atoms with Crippen molar-refractivity contribution in [2.75, 3.05) is 38.5 Å². The fraction of sp³-hybridized carbons (Fsp3) is 0.333. The van der Waals surface area contributed by atoms with Crippen LogP contribution in [0.15, 0.2) is 30.5 Å². The Labute approximate surface area is 216 Å². The number of benzene rings is 1. The van der Waals surface area contributed by atoms with Crippen molar-refractivity contribution in [2.45, 2.75) is 19.5 Å². The number of carbonyl (C=O) groups excluding carboxylic acids is 4. The number of anilines is 1. The Bertz CT molecular complexity index is 1370. The van der Waals surface area contributed by atoms with Crippen LogP contribution in [-0.4, -0.2) is 83.0 Å². The second kappa shape index (κ2) is 11.6. The summed E-state index contributed by atoms with van der Waals surface area (Å²) in [6, 6.07) is 5.24. The van der Waals surface area contributed by atoms with E-state index in [0.717, 1.165) is 10.7 Å². The molecule has 2 aromatic heterocycles. The maximum atomic E-state index is 14.4. The molecule has 0 spiro atoms. The monoisotopic (exact) mass is 526 g/mol. The predicted molar refractivity (Wildman–Crippen MR) is 133 cm³/mol. The molecule has 13 nitrogen and oxygen atoms in total. The Kier molecular flexibility index (Phi) is 8.11. The number of ether oxygens (including phenoxy) is 1. The van der Waals surface area contributed by atoms with Gasteiger partial charge in [-0.25, -0.2) is 13.9 Å². The first kappa shape index (κ1) is 26.5. The molecule has 1 aromatic carbocycles. The molecule has 3 heterocycles. The van der Waals surface area contributed by atoms with Gasteiger partial charge in [0.25, 0.3) is 18.3 Å². The van der Waals surface area contributed by atoms with Gasteiger partial charge in [-0.1, -0.05) is 6.07 Å². The third-order valence-corrected chi connectivity index (χ3v) is 5.98. The standard InChI is InChI=1S/C24H27FN8O5/c1-14(24(37)32-7-5-27-6-8-32)30-23(36)19-10-18(31-21-16(25)12-29-33(19)21)22(35)28-11-15-3-4-20(38-13-34)17(9-15)26-2/h3-4,9-10,12-14,26-27H,5-8,11H2,1-2H3,(H,28,35)(H,30,36). The van der Waals surface area contributed by atoms with E-state index in [1.165, 1.54) is 6.07 Å². The molecule has 0 bridgehead atoms. The van der Waals surface area contributed by atoms with Gasteiger partial charge >= 0.3 is 0 Å². The summed E-state index contributed by atoms with van der Waals surface area (Å²) in [5, 5.41) is 15.2. The molecule has 1 aliphatic heterocycles. The SMILES string of the molecule is CNc1cc(CNC(=O)c2cc(C(=O)NC(C)C(=O)N3CCNCC3)n3ncc(F)c3n2)ccc1OC=O. The summed E-state index contributed by atoms with van der Waals surface area (Å²) in [5.74, 6) is -2.12. The molecule has 3 aromatic rings. The molecule has 4 rings (SSSR count). The minimum absolute atomic E-state index is 0.0707. The fourth-order valence-corrected chi connectivity index (χ4v) is 4.02. The van der Waals surface area contributed by atoms with Gasteiger partial charge in [-0.3, -0.25) is 19.2 Å². The number of rotatable bonds is 9. The number of piperazine rings is 1. The van der Waals surface area contributed by atoms with Gasteiger partial charge in [-0.05, 0) is 24.6 Å². The summed E-state index contributed by atoms with van der Waals surface area (Å²) in [4.78, 5) is 55.1. The van der Waals surface area contributed by atoms with Crippen LogP contribution in [0, 0.1) is 5.82 Å². The average molecular weight is 527 g/mol. The first-order chi connectivity index (χ1) is 18.3. The zero-order valence-electron chi connectivity index (χ0n) is 20.8. The van der Waals surface area contributed by atoms with Crippen LogP contribution < -0.4 is 26.0 Å². The van der Waals surface area contributed by atoms with Gasteiger partial charge in [-0.2, -0.15) is 5.10 Å². The molecule has 14 heteroatoms. The molecule has 1 unspecified atom stereocenters. The normalized spacial score (nSPS) is 14.0. The predicted octanol–water partition coefficient (Wildman–Crippen LogP) is -0.0746. The Morgan fingerprint density at radius 3 is 2.68 bits per heavy atom. The van der Waals surface area contributed by atoms with E-state index in [2.05, 4.69) is 31.3 Å². The van der Waals surface area contributed by atoms with Gasteiger partial charge in [0.1, 0.15) is 17.4 Å². The lowest BCUT2D eigenvalue weighted by Gasteiger charge is -2.30. The summed E-state index contributed by atoms with van der Waals surface area (Å²) >= 11 is 0. The maximum Gasteiger partial charge on any atom is 0.298 e. The zero-order valence-corrected chi connectivity index (χ0v) is 20.8. The molecule has 3 amide bonds. The van der Waals surface area contributed by atoms with E-state index in [0.29, 0.717) is 49.7 Å². The Morgan fingerprint density at radius 1 is 1.21 bits per heavy atom. The highest BCUT2D eigenvalue weighted by molar-refractivity contribution is 6.00. The van der Waals surface area contributed by atoms with Gasteiger partial charge in [0.15, 0.2) is 17.2 Å². The Hall–Kier alpha value is -4.59. The molecular formula is C24H27FN8O5. The highest BCUT2D eigenvalue weighted by Gasteiger charge is 2.26. The van der Waals surface area contributed by atoms with Crippen LogP contribution in [-0.2, 0) is 16.1 Å². The van der Waals surface area contributed by atoms with Crippen molar-refractivity contribution in [1.82, 2.24) is 35.4 Å². The van der Waals surface area contributed by atoms with Crippen molar-refractivity contribution in [2.24, 2.45) is 0 Å². The molecule has 0 saturated carbocycles. The van der Waals surface area contributed by atoms with Crippen LogP contribution in [0.4, 0.5) is 10.1 Å². The van der Waals surface area contributed by atoms with E-state index in [-0.39, 0.29) is 29.5 Å². The number of hydrogen-bond acceptors (Lipinski definition) is 9. The topological polar surface area (TPSA) is 159 Å². The highest BCUT2D eigenvalue weighted by Crippen LogP contribution is 2.25. The van der Waals surface area contributed by atoms with Crippen LogP contribution in [0.2, 0.25) is 0 Å². The lowest BCUT2D eigenvalue weighted by atomic mass is 10.1. The first-order valence-corrected chi connectivity index (χ1v) is 11.9. The Morgan fingerprint density at radius 2 is 1.97 bits per heavy atom. The third-order valence-electron chi connectivity index (χ3n) is 5.98.